The van der Waals surface area contributed by atoms with E-state index >= 15 is 0 Å². The van der Waals surface area contributed by atoms with E-state index in [2.05, 4.69) is 4.98 Å². The fourth-order valence-electron chi connectivity index (χ4n) is 2.07. The van der Waals surface area contributed by atoms with E-state index in [0.717, 1.165) is 15.3 Å². The maximum absolute atomic E-state index is 12.8. The number of Topliss-reactive ketones (excluding diaryl/α,β-unsaturated/α-hetero) is 1. The number of rotatable bonds is 4. The third-order valence-electron chi connectivity index (χ3n) is 3.57. The van der Waals surface area contributed by atoms with E-state index in [1.54, 1.807) is 22.8 Å². The van der Waals surface area contributed by atoms with Gasteiger partial charge >= 0.3 is 0 Å². The zero-order valence-electron chi connectivity index (χ0n) is 13.2. The molecule has 0 aliphatic heterocycles. The molecule has 0 aliphatic rings. The van der Waals surface area contributed by atoms with Crippen molar-refractivity contribution in [1.29, 1.82) is 0 Å². The van der Waals surface area contributed by atoms with Gasteiger partial charge in [0.1, 0.15) is 10.6 Å². The molecule has 4 nitrogen and oxygen atoms in total. The van der Waals surface area contributed by atoms with E-state index in [-0.39, 0.29) is 22.6 Å². The molecule has 0 spiro atoms. The number of thiophene rings is 1. The Kier molecular flexibility index (Phi) is 4.58. The average Bonchev–Trinajstić information content (AvgIpc) is 2.64. The molecule has 2 rings (SSSR count). The van der Waals surface area contributed by atoms with Crippen molar-refractivity contribution in [3.63, 3.8) is 0 Å². The number of carbonyl (C=O) groups excluding carboxylic acids is 1. The predicted molar refractivity (Wildman–Crippen MR) is 89.7 cm³/mol. The standard InChI is InChI=1S/C15H20N2O2S2/c1-7(2)17-14(19)12-8(3)10(5)20-13(12)16-15(17)21-11(6)9(4)18/h7,11H,1-6H3. The number of carbonyl (C=O) groups is 1. The molecule has 0 bridgehead atoms. The Hall–Kier alpha value is -1.14. The SMILES string of the molecule is CC(=O)C(C)Sc1nc2sc(C)c(C)c2c(=O)n1C(C)C. The summed E-state index contributed by atoms with van der Waals surface area (Å²) in [4.78, 5) is 30.8. The molecular weight excluding hydrogens is 304 g/mol. The molecule has 21 heavy (non-hydrogen) atoms. The van der Waals surface area contributed by atoms with Crippen molar-refractivity contribution in [1.82, 2.24) is 9.55 Å². The largest absolute Gasteiger partial charge is 0.299 e. The van der Waals surface area contributed by atoms with Crippen LogP contribution in [0.4, 0.5) is 0 Å². The van der Waals surface area contributed by atoms with Crippen LogP contribution < -0.4 is 5.56 Å². The summed E-state index contributed by atoms with van der Waals surface area (Å²) in [5.41, 5.74) is 1.01. The summed E-state index contributed by atoms with van der Waals surface area (Å²) in [5.74, 6) is 0.0863. The van der Waals surface area contributed by atoms with Gasteiger partial charge in [-0.1, -0.05) is 11.8 Å². The van der Waals surface area contributed by atoms with E-state index in [4.69, 9.17) is 0 Å². The van der Waals surface area contributed by atoms with E-state index < -0.39 is 0 Å². The highest BCUT2D eigenvalue weighted by molar-refractivity contribution is 8.00. The van der Waals surface area contributed by atoms with Gasteiger partial charge in [-0.15, -0.1) is 11.3 Å². The number of fused-ring (bicyclic) bond motifs is 1. The van der Waals surface area contributed by atoms with Crippen molar-refractivity contribution in [3.8, 4) is 0 Å². The fourth-order valence-corrected chi connectivity index (χ4v) is 4.18. The summed E-state index contributed by atoms with van der Waals surface area (Å²) in [7, 11) is 0. The molecule has 114 valence electrons. The normalized spacial score (nSPS) is 13.1. The van der Waals surface area contributed by atoms with Gasteiger partial charge in [0.2, 0.25) is 0 Å². The Morgan fingerprint density at radius 2 is 1.90 bits per heavy atom. The molecule has 1 unspecified atom stereocenters. The van der Waals surface area contributed by atoms with Gasteiger partial charge in [0.05, 0.1) is 10.6 Å². The molecule has 6 heteroatoms. The number of hydrogen-bond donors (Lipinski definition) is 0. The quantitative estimate of drug-likeness (QED) is 0.635. The van der Waals surface area contributed by atoms with Crippen LogP contribution in [0.15, 0.2) is 9.95 Å². The van der Waals surface area contributed by atoms with E-state index in [1.165, 1.54) is 11.8 Å². The van der Waals surface area contributed by atoms with Crippen LogP contribution in [-0.2, 0) is 4.79 Å². The van der Waals surface area contributed by atoms with Gasteiger partial charge in [-0.25, -0.2) is 4.98 Å². The number of nitrogens with zero attached hydrogens (tertiary/aromatic N) is 2. The van der Waals surface area contributed by atoms with Gasteiger partial charge < -0.3 is 0 Å². The minimum Gasteiger partial charge on any atom is -0.299 e. The minimum atomic E-state index is -0.207. The lowest BCUT2D eigenvalue weighted by Crippen LogP contribution is -2.26. The van der Waals surface area contributed by atoms with Crippen LogP contribution in [0.1, 0.15) is 44.2 Å². The Labute approximate surface area is 132 Å². The molecule has 2 aromatic rings. The Balaban J connectivity index is 2.72. The second-order valence-electron chi connectivity index (χ2n) is 5.50. The molecule has 0 radical (unpaired) electrons. The molecule has 0 saturated carbocycles. The summed E-state index contributed by atoms with van der Waals surface area (Å²) < 4.78 is 1.70. The number of thioether (sulfide) groups is 1. The summed E-state index contributed by atoms with van der Waals surface area (Å²) in [6.07, 6.45) is 0. The molecule has 0 aliphatic carbocycles. The van der Waals surface area contributed by atoms with Crippen molar-refractivity contribution in [2.45, 2.75) is 58.0 Å². The fraction of sp³-hybridized carbons (Fsp3) is 0.533. The van der Waals surface area contributed by atoms with Gasteiger partial charge in [-0.2, -0.15) is 0 Å². The zero-order chi connectivity index (χ0) is 15.9. The number of aromatic nitrogens is 2. The highest BCUT2D eigenvalue weighted by Gasteiger charge is 2.21. The van der Waals surface area contributed by atoms with Crippen LogP contribution in [0, 0.1) is 13.8 Å². The Bertz CT molecular complexity index is 759. The van der Waals surface area contributed by atoms with Crippen molar-refractivity contribution in [3.05, 3.63) is 20.8 Å². The minimum absolute atomic E-state index is 0.00454. The molecule has 0 amide bonds. The summed E-state index contributed by atoms with van der Waals surface area (Å²) in [6.45, 7) is 11.3. The van der Waals surface area contributed by atoms with Gasteiger partial charge in [-0.3, -0.25) is 14.2 Å². The molecule has 0 saturated heterocycles. The molecule has 2 heterocycles. The molecule has 1 atom stereocenters. The van der Waals surface area contributed by atoms with Crippen LogP contribution in [0.5, 0.6) is 0 Å². The lowest BCUT2D eigenvalue weighted by atomic mass is 10.2. The zero-order valence-corrected chi connectivity index (χ0v) is 14.8. The smallest absolute Gasteiger partial charge is 0.263 e. The lowest BCUT2D eigenvalue weighted by Gasteiger charge is -2.17. The van der Waals surface area contributed by atoms with Gasteiger partial charge in [0, 0.05) is 10.9 Å². The Morgan fingerprint density at radius 1 is 1.29 bits per heavy atom. The second-order valence-corrected chi connectivity index (χ2v) is 8.01. The van der Waals surface area contributed by atoms with Crippen LogP contribution in [0.25, 0.3) is 10.2 Å². The van der Waals surface area contributed by atoms with E-state index in [9.17, 15) is 9.59 Å². The highest BCUT2D eigenvalue weighted by atomic mass is 32.2. The van der Waals surface area contributed by atoms with Crippen molar-refractivity contribution < 1.29 is 4.79 Å². The number of aryl methyl sites for hydroxylation is 2. The monoisotopic (exact) mass is 324 g/mol. The maximum Gasteiger partial charge on any atom is 0.263 e. The lowest BCUT2D eigenvalue weighted by molar-refractivity contribution is -0.116. The Morgan fingerprint density at radius 3 is 2.43 bits per heavy atom. The molecule has 0 aromatic carbocycles. The van der Waals surface area contributed by atoms with Gasteiger partial charge in [0.25, 0.3) is 5.56 Å². The molecule has 0 N–H and O–H groups in total. The number of hydrogen-bond acceptors (Lipinski definition) is 5. The van der Waals surface area contributed by atoms with Gasteiger partial charge in [-0.05, 0) is 47.1 Å². The summed E-state index contributed by atoms with van der Waals surface area (Å²) in [6, 6.07) is 0.00987. The van der Waals surface area contributed by atoms with E-state index in [0.29, 0.717) is 10.5 Å². The molecule has 2 aromatic heterocycles. The highest BCUT2D eigenvalue weighted by Crippen LogP contribution is 2.30. The third-order valence-corrected chi connectivity index (χ3v) is 5.86. The number of ketones is 1. The predicted octanol–water partition coefficient (Wildman–Crippen LogP) is 3.73. The van der Waals surface area contributed by atoms with Crippen molar-refractivity contribution >= 4 is 39.1 Å². The van der Waals surface area contributed by atoms with Crippen molar-refractivity contribution in [2.24, 2.45) is 0 Å². The first-order valence-electron chi connectivity index (χ1n) is 6.93. The average molecular weight is 324 g/mol. The van der Waals surface area contributed by atoms with Crippen LogP contribution in [0.2, 0.25) is 0 Å². The topological polar surface area (TPSA) is 52.0 Å². The van der Waals surface area contributed by atoms with Crippen molar-refractivity contribution in [2.75, 3.05) is 0 Å². The third kappa shape index (κ3) is 2.92. The van der Waals surface area contributed by atoms with Gasteiger partial charge in [0.15, 0.2) is 5.16 Å². The first kappa shape index (κ1) is 16.2. The van der Waals surface area contributed by atoms with Crippen LogP contribution >= 0.6 is 23.1 Å². The molecule has 0 fully saturated rings. The van der Waals surface area contributed by atoms with Crippen LogP contribution in [0.3, 0.4) is 0 Å². The second kappa shape index (κ2) is 5.93. The maximum atomic E-state index is 12.8. The molecular formula is C15H20N2O2S2. The first-order chi connectivity index (χ1) is 9.73. The first-order valence-corrected chi connectivity index (χ1v) is 8.63. The van der Waals surface area contributed by atoms with Crippen LogP contribution in [-0.4, -0.2) is 20.6 Å². The summed E-state index contributed by atoms with van der Waals surface area (Å²) in [5, 5.41) is 1.14. The van der Waals surface area contributed by atoms with E-state index in [1.807, 2.05) is 34.6 Å². The summed E-state index contributed by atoms with van der Waals surface area (Å²) >= 11 is 2.90.